The molecule has 1 aromatic heterocycles. The monoisotopic (exact) mass is 399 g/mol. The van der Waals surface area contributed by atoms with Gasteiger partial charge >= 0.3 is 0 Å². The van der Waals surface area contributed by atoms with E-state index in [4.69, 9.17) is 21.8 Å². The van der Waals surface area contributed by atoms with E-state index in [1.165, 1.54) is 17.0 Å². The van der Waals surface area contributed by atoms with E-state index < -0.39 is 42.3 Å². The Bertz CT molecular complexity index is 920. The smallest absolute Gasteiger partial charge is 0.286 e. The molecule has 0 unspecified atom stereocenters. The van der Waals surface area contributed by atoms with E-state index in [-0.39, 0.29) is 11.4 Å². The lowest BCUT2D eigenvalue weighted by molar-refractivity contribution is -0.122. The number of nitrogens with zero attached hydrogens (tertiary/aromatic N) is 1. The van der Waals surface area contributed by atoms with Gasteiger partial charge in [-0.05, 0) is 39.0 Å². The molecule has 0 spiro atoms. The maximum Gasteiger partial charge on any atom is 0.286 e. The molecule has 1 fully saturated rings. The van der Waals surface area contributed by atoms with Gasteiger partial charge in [0.1, 0.15) is 11.3 Å². The van der Waals surface area contributed by atoms with Gasteiger partial charge in [0.25, 0.3) is 11.8 Å². The minimum atomic E-state index is -2.98. The number of nitrogens with one attached hydrogen (secondary N) is 1. The quantitative estimate of drug-likeness (QED) is 0.824. The van der Waals surface area contributed by atoms with E-state index in [1.807, 2.05) is 0 Å². The molecule has 0 saturated carbocycles. The number of furan rings is 1. The molecule has 6 nitrogen and oxygen atoms in total. The van der Waals surface area contributed by atoms with Gasteiger partial charge in [0.15, 0.2) is 0 Å². The summed E-state index contributed by atoms with van der Waals surface area (Å²) >= 11 is 5.99. The number of alkyl halides is 2. The first-order valence-corrected chi connectivity index (χ1v) is 8.74. The Morgan fingerprint density at radius 1 is 1.37 bits per heavy atom. The highest BCUT2D eigenvalue weighted by Crippen LogP contribution is 2.38. The number of rotatable bonds is 3. The Hall–Kier alpha value is -2.19. The third-order valence-electron chi connectivity index (χ3n) is 4.56. The number of anilines is 1. The minimum Gasteiger partial charge on any atom is -0.449 e. The van der Waals surface area contributed by atoms with Crippen molar-refractivity contribution in [2.45, 2.75) is 44.7 Å². The molecule has 9 heteroatoms. The fraction of sp³-hybridized carbons (Fsp3) is 0.444. The van der Waals surface area contributed by atoms with Crippen LogP contribution >= 0.6 is 11.6 Å². The van der Waals surface area contributed by atoms with Crippen LogP contribution in [0.1, 0.15) is 37.7 Å². The molecule has 0 bridgehead atoms. The first-order valence-electron chi connectivity index (χ1n) is 8.36. The van der Waals surface area contributed by atoms with Gasteiger partial charge < -0.3 is 15.5 Å². The molecular formula is C18H20ClF2N3O3. The second kappa shape index (κ2) is 6.45. The molecule has 3 rings (SSSR count). The van der Waals surface area contributed by atoms with Gasteiger partial charge in [0, 0.05) is 22.4 Å². The van der Waals surface area contributed by atoms with Gasteiger partial charge in [-0.15, -0.1) is 0 Å². The number of likely N-dealkylation sites (tertiary alicyclic amines) is 1. The minimum absolute atomic E-state index is 0.0362. The van der Waals surface area contributed by atoms with Crippen LogP contribution in [0.15, 0.2) is 22.6 Å². The van der Waals surface area contributed by atoms with Crippen molar-refractivity contribution in [3.05, 3.63) is 29.0 Å². The molecule has 2 amide bonds. The average Bonchev–Trinajstić information content (AvgIpc) is 3.05. The highest BCUT2D eigenvalue weighted by atomic mass is 35.5. The third-order valence-corrected chi connectivity index (χ3v) is 4.79. The lowest BCUT2D eigenvalue weighted by Gasteiger charge is -2.35. The standard InChI is InChI=1S/C18H20ClF2N3O3/c1-17(2,3)24-8-18(20,21)7-11(24)16(26)23-13-10-6-9(19)4-5-12(10)27-14(13)15(22)25/h4-6,11H,7-8H2,1-3H3,(H2,22,25)(H,23,26)/t11-/m1/s1. The second-order valence-corrected chi connectivity index (χ2v) is 8.11. The van der Waals surface area contributed by atoms with E-state index in [0.717, 1.165) is 0 Å². The topological polar surface area (TPSA) is 88.6 Å². The van der Waals surface area contributed by atoms with Gasteiger partial charge in [-0.3, -0.25) is 14.5 Å². The van der Waals surface area contributed by atoms with Crippen LogP contribution in [-0.4, -0.2) is 40.8 Å². The molecule has 1 aliphatic heterocycles. The van der Waals surface area contributed by atoms with Gasteiger partial charge in [-0.1, -0.05) is 11.6 Å². The van der Waals surface area contributed by atoms with Crippen LogP contribution in [0.25, 0.3) is 11.0 Å². The van der Waals surface area contributed by atoms with E-state index in [2.05, 4.69) is 5.32 Å². The van der Waals surface area contributed by atoms with Crippen molar-refractivity contribution in [3.8, 4) is 0 Å². The lowest BCUT2D eigenvalue weighted by atomic mass is 10.0. The Morgan fingerprint density at radius 2 is 2.04 bits per heavy atom. The molecule has 1 aliphatic rings. The largest absolute Gasteiger partial charge is 0.449 e. The van der Waals surface area contributed by atoms with Gasteiger partial charge in [0.05, 0.1) is 12.6 Å². The number of hydrogen-bond acceptors (Lipinski definition) is 4. The van der Waals surface area contributed by atoms with Crippen LogP contribution in [0.5, 0.6) is 0 Å². The molecule has 1 aromatic carbocycles. The predicted molar refractivity (Wildman–Crippen MR) is 98.2 cm³/mol. The van der Waals surface area contributed by atoms with Crippen LogP contribution in [0.2, 0.25) is 5.02 Å². The summed E-state index contributed by atoms with van der Waals surface area (Å²) in [7, 11) is 0. The van der Waals surface area contributed by atoms with Crippen molar-refractivity contribution < 1.29 is 22.8 Å². The Balaban J connectivity index is 1.99. The lowest BCUT2D eigenvalue weighted by Crippen LogP contribution is -2.49. The molecule has 2 aromatic rings. The summed E-state index contributed by atoms with van der Waals surface area (Å²) in [4.78, 5) is 26.0. The van der Waals surface area contributed by atoms with Gasteiger partial charge in [0.2, 0.25) is 11.7 Å². The molecule has 146 valence electrons. The number of amides is 2. The number of hydrogen-bond donors (Lipinski definition) is 2. The molecule has 1 atom stereocenters. The number of carbonyl (C=O) groups is 2. The maximum atomic E-state index is 14.0. The summed E-state index contributed by atoms with van der Waals surface area (Å²) in [5.74, 6) is -4.79. The zero-order valence-corrected chi connectivity index (χ0v) is 15.9. The van der Waals surface area contributed by atoms with E-state index in [1.54, 1.807) is 26.8 Å². The van der Waals surface area contributed by atoms with Crippen LogP contribution < -0.4 is 11.1 Å². The molecule has 27 heavy (non-hydrogen) atoms. The summed E-state index contributed by atoms with van der Waals surface area (Å²) in [6.45, 7) is 4.76. The molecule has 0 radical (unpaired) electrons. The van der Waals surface area contributed by atoms with Crippen LogP contribution in [0.4, 0.5) is 14.5 Å². The number of nitrogens with two attached hydrogens (primary N) is 1. The summed E-state index contributed by atoms with van der Waals surface area (Å²) < 4.78 is 33.4. The van der Waals surface area contributed by atoms with Crippen molar-refractivity contribution in [2.75, 3.05) is 11.9 Å². The number of carbonyl (C=O) groups excluding carboxylic acids is 2. The first kappa shape index (κ1) is 19.6. The van der Waals surface area contributed by atoms with Crippen molar-refractivity contribution in [1.82, 2.24) is 4.90 Å². The van der Waals surface area contributed by atoms with Crippen molar-refractivity contribution in [2.24, 2.45) is 5.73 Å². The van der Waals surface area contributed by atoms with Crippen molar-refractivity contribution in [1.29, 1.82) is 0 Å². The molecule has 2 heterocycles. The zero-order chi connectivity index (χ0) is 20.1. The van der Waals surface area contributed by atoms with E-state index >= 15 is 0 Å². The van der Waals surface area contributed by atoms with Crippen LogP contribution in [0.3, 0.4) is 0 Å². The Labute approximate surface area is 159 Å². The molecular weight excluding hydrogens is 380 g/mol. The third kappa shape index (κ3) is 3.77. The zero-order valence-electron chi connectivity index (χ0n) is 15.1. The van der Waals surface area contributed by atoms with E-state index in [9.17, 15) is 18.4 Å². The van der Waals surface area contributed by atoms with Gasteiger partial charge in [-0.25, -0.2) is 8.78 Å². The SMILES string of the molecule is CC(C)(C)N1CC(F)(F)C[C@@H]1C(=O)Nc1c(C(N)=O)oc2ccc(Cl)cc12. The number of fused-ring (bicyclic) bond motifs is 1. The Morgan fingerprint density at radius 3 is 2.63 bits per heavy atom. The van der Waals surface area contributed by atoms with Gasteiger partial charge in [-0.2, -0.15) is 0 Å². The van der Waals surface area contributed by atoms with E-state index in [0.29, 0.717) is 16.0 Å². The fourth-order valence-electron chi connectivity index (χ4n) is 3.33. The highest BCUT2D eigenvalue weighted by Gasteiger charge is 2.51. The maximum absolute atomic E-state index is 14.0. The van der Waals surface area contributed by atoms with Crippen LogP contribution in [-0.2, 0) is 4.79 Å². The second-order valence-electron chi connectivity index (χ2n) is 7.67. The molecule has 0 aliphatic carbocycles. The number of halogens is 3. The summed E-state index contributed by atoms with van der Waals surface area (Å²) in [5.41, 5.74) is 5.03. The molecule has 3 N–H and O–H groups in total. The number of primary amides is 1. The normalized spacial score (nSPS) is 20.1. The number of benzene rings is 1. The highest BCUT2D eigenvalue weighted by molar-refractivity contribution is 6.31. The average molecular weight is 400 g/mol. The first-order chi connectivity index (χ1) is 12.4. The van der Waals surface area contributed by atoms with Crippen molar-refractivity contribution in [3.63, 3.8) is 0 Å². The molecule has 1 saturated heterocycles. The van der Waals surface area contributed by atoms with Crippen molar-refractivity contribution >= 4 is 40.1 Å². The van der Waals surface area contributed by atoms with Crippen LogP contribution in [0, 0.1) is 0 Å². The summed E-state index contributed by atoms with van der Waals surface area (Å²) in [5, 5.41) is 3.29. The Kier molecular flexibility index (Phi) is 4.68. The fourth-order valence-corrected chi connectivity index (χ4v) is 3.50. The summed E-state index contributed by atoms with van der Waals surface area (Å²) in [6, 6.07) is 3.53. The summed E-state index contributed by atoms with van der Waals surface area (Å²) in [6.07, 6.45) is -0.613. The predicted octanol–water partition coefficient (Wildman–Crippen LogP) is 3.63.